The summed E-state index contributed by atoms with van der Waals surface area (Å²) in [5.74, 6) is 0. The van der Waals surface area contributed by atoms with Crippen molar-refractivity contribution in [1.82, 2.24) is 5.32 Å². The third-order valence-corrected chi connectivity index (χ3v) is 1.86. The fourth-order valence-electron chi connectivity index (χ4n) is 1.11. The van der Waals surface area contributed by atoms with E-state index in [2.05, 4.69) is 10.1 Å². The summed E-state index contributed by atoms with van der Waals surface area (Å²) in [6, 6.07) is 0. The van der Waals surface area contributed by atoms with Crippen molar-refractivity contribution in [3.05, 3.63) is 0 Å². The molecule has 0 heterocycles. The lowest BCUT2D eigenvalue weighted by Gasteiger charge is -2.08. The number of unbranched alkanes of at least 4 members (excludes halogenated alkanes) is 1. The first kappa shape index (κ1) is 15.7. The first-order valence-electron chi connectivity index (χ1n) is 5.40. The number of rotatable bonds is 10. The second kappa shape index (κ2) is 9.86. The summed E-state index contributed by atoms with van der Waals surface area (Å²) >= 11 is 0. The smallest absolute Gasteiger partial charge is 0.385 e. The molecular weight excluding hydrogens is 223 g/mol. The fraction of sp³-hybridized carbons (Fsp3) is 1.00. The van der Waals surface area contributed by atoms with Gasteiger partial charge in [-0.05, 0) is 32.4 Å². The van der Waals surface area contributed by atoms with Crippen LogP contribution in [-0.4, -0.2) is 46.2 Å². The minimum absolute atomic E-state index is 0.143. The molecule has 0 unspecified atom stereocenters. The van der Waals surface area contributed by atoms with Crippen molar-refractivity contribution in [1.29, 1.82) is 0 Å². The van der Waals surface area contributed by atoms with Crippen LogP contribution in [0.5, 0.6) is 0 Å². The summed E-state index contributed by atoms with van der Waals surface area (Å²) in [5, 5.41) is 3.13. The number of hydrogen-bond donors (Lipinski definition) is 1. The Balaban J connectivity index is 2.99. The highest BCUT2D eigenvalue weighted by atomic mass is 19.4. The minimum Gasteiger partial charge on any atom is -0.385 e. The quantitative estimate of drug-likeness (QED) is 0.595. The van der Waals surface area contributed by atoms with Gasteiger partial charge in [0.25, 0.3) is 0 Å². The van der Waals surface area contributed by atoms with Crippen LogP contribution in [0.15, 0.2) is 0 Å². The van der Waals surface area contributed by atoms with Gasteiger partial charge in [-0.2, -0.15) is 13.2 Å². The average molecular weight is 243 g/mol. The molecule has 0 amide bonds. The van der Waals surface area contributed by atoms with Crippen LogP contribution in [-0.2, 0) is 9.47 Å². The van der Waals surface area contributed by atoms with Gasteiger partial charge in [0.1, 0.15) is 6.61 Å². The number of methoxy groups -OCH3 is 1. The normalized spacial score (nSPS) is 12.0. The van der Waals surface area contributed by atoms with Gasteiger partial charge in [-0.1, -0.05) is 0 Å². The van der Waals surface area contributed by atoms with Gasteiger partial charge < -0.3 is 14.8 Å². The van der Waals surface area contributed by atoms with Gasteiger partial charge in [0, 0.05) is 20.3 Å². The average Bonchev–Trinajstić information content (AvgIpc) is 2.19. The Hall–Kier alpha value is -0.330. The lowest BCUT2D eigenvalue weighted by molar-refractivity contribution is -0.173. The Kier molecular flexibility index (Phi) is 9.66. The third kappa shape index (κ3) is 13.7. The van der Waals surface area contributed by atoms with Crippen molar-refractivity contribution in [3.8, 4) is 0 Å². The Morgan fingerprint density at radius 1 is 1.00 bits per heavy atom. The van der Waals surface area contributed by atoms with Gasteiger partial charge in [-0.3, -0.25) is 0 Å². The van der Waals surface area contributed by atoms with Gasteiger partial charge in [-0.25, -0.2) is 0 Å². The van der Waals surface area contributed by atoms with Gasteiger partial charge in [0.15, 0.2) is 0 Å². The molecule has 0 radical (unpaired) electrons. The van der Waals surface area contributed by atoms with Crippen LogP contribution < -0.4 is 5.32 Å². The third-order valence-electron chi connectivity index (χ3n) is 1.86. The van der Waals surface area contributed by atoms with Gasteiger partial charge in [0.2, 0.25) is 0 Å². The van der Waals surface area contributed by atoms with Crippen LogP contribution in [0.4, 0.5) is 13.2 Å². The first-order valence-corrected chi connectivity index (χ1v) is 5.40. The highest BCUT2D eigenvalue weighted by Crippen LogP contribution is 2.14. The molecule has 16 heavy (non-hydrogen) atoms. The van der Waals surface area contributed by atoms with Gasteiger partial charge in [0.05, 0.1) is 0 Å². The molecule has 0 spiro atoms. The van der Waals surface area contributed by atoms with Crippen molar-refractivity contribution in [2.24, 2.45) is 0 Å². The van der Waals surface area contributed by atoms with Crippen molar-refractivity contribution in [3.63, 3.8) is 0 Å². The SMILES string of the molecule is COCCCCNCCCOCC(F)(F)F. The number of alkyl halides is 3. The highest BCUT2D eigenvalue weighted by molar-refractivity contribution is 4.50. The van der Waals surface area contributed by atoms with E-state index in [1.54, 1.807) is 7.11 Å². The molecule has 6 heteroatoms. The maximum atomic E-state index is 11.7. The van der Waals surface area contributed by atoms with E-state index >= 15 is 0 Å². The number of hydrogen-bond acceptors (Lipinski definition) is 3. The maximum absolute atomic E-state index is 11.7. The van der Waals surface area contributed by atoms with Crippen LogP contribution in [0.1, 0.15) is 19.3 Å². The van der Waals surface area contributed by atoms with Crippen LogP contribution in [0.3, 0.4) is 0 Å². The molecule has 0 saturated heterocycles. The number of halogens is 3. The summed E-state index contributed by atoms with van der Waals surface area (Å²) in [5.41, 5.74) is 0. The second-order valence-electron chi connectivity index (χ2n) is 3.47. The van der Waals surface area contributed by atoms with E-state index in [1.165, 1.54) is 0 Å². The molecule has 1 N–H and O–H groups in total. The Morgan fingerprint density at radius 3 is 2.31 bits per heavy atom. The molecule has 0 rings (SSSR count). The summed E-state index contributed by atoms with van der Waals surface area (Å²) < 4.78 is 44.3. The lowest BCUT2D eigenvalue weighted by Crippen LogP contribution is -2.21. The Bertz CT molecular complexity index is 153. The van der Waals surface area contributed by atoms with Gasteiger partial charge in [-0.15, -0.1) is 0 Å². The van der Waals surface area contributed by atoms with E-state index in [4.69, 9.17) is 4.74 Å². The van der Waals surface area contributed by atoms with E-state index < -0.39 is 12.8 Å². The molecule has 0 aliphatic heterocycles. The molecule has 0 aromatic carbocycles. The lowest BCUT2D eigenvalue weighted by atomic mass is 10.3. The zero-order chi connectivity index (χ0) is 12.3. The van der Waals surface area contributed by atoms with Gasteiger partial charge >= 0.3 is 6.18 Å². The molecule has 0 aromatic rings. The van der Waals surface area contributed by atoms with E-state index in [-0.39, 0.29) is 6.61 Å². The Labute approximate surface area is 94.3 Å². The molecule has 0 atom stereocenters. The van der Waals surface area contributed by atoms with E-state index in [0.29, 0.717) is 13.0 Å². The summed E-state index contributed by atoms with van der Waals surface area (Å²) in [7, 11) is 1.66. The van der Waals surface area contributed by atoms with E-state index in [0.717, 1.165) is 26.0 Å². The topological polar surface area (TPSA) is 30.5 Å². The molecule has 0 aliphatic rings. The minimum atomic E-state index is -4.21. The van der Waals surface area contributed by atoms with Crippen molar-refractivity contribution in [2.45, 2.75) is 25.4 Å². The number of nitrogens with one attached hydrogen (secondary N) is 1. The van der Waals surface area contributed by atoms with Crippen LogP contribution in [0, 0.1) is 0 Å². The van der Waals surface area contributed by atoms with Crippen LogP contribution >= 0.6 is 0 Å². The molecule has 0 aliphatic carbocycles. The predicted molar refractivity (Wildman–Crippen MR) is 55.5 cm³/mol. The molecule has 0 saturated carbocycles. The van der Waals surface area contributed by atoms with E-state index in [9.17, 15) is 13.2 Å². The number of ether oxygens (including phenoxy) is 2. The summed E-state index contributed by atoms with van der Waals surface area (Å²) in [6.45, 7) is 1.29. The Morgan fingerprint density at radius 2 is 1.69 bits per heavy atom. The zero-order valence-corrected chi connectivity index (χ0v) is 9.61. The molecule has 3 nitrogen and oxygen atoms in total. The van der Waals surface area contributed by atoms with Crippen molar-refractivity contribution < 1.29 is 22.6 Å². The largest absolute Gasteiger partial charge is 0.411 e. The predicted octanol–water partition coefficient (Wildman–Crippen LogP) is 1.97. The zero-order valence-electron chi connectivity index (χ0n) is 9.61. The summed E-state index contributed by atoms with van der Waals surface area (Å²) in [4.78, 5) is 0. The molecule has 98 valence electrons. The standard InChI is InChI=1S/C10H20F3NO2/c1-15-7-3-2-5-14-6-4-8-16-9-10(11,12)13/h14H,2-9H2,1H3. The fourth-order valence-corrected chi connectivity index (χ4v) is 1.11. The van der Waals surface area contributed by atoms with Crippen LogP contribution in [0.25, 0.3) is 0 Å². The molecule has 0 bridgehead atoms. The molecule has 0 fully saturated rings. The monoisotopic (exact) mass is 243 g/mol. The van der Waals surface area contributed by atoms with Crippen molar-refractivity contribution in [2.75, 3.05) is 40.0 Å². The molecular formula is C10H20F3NO2. The van der Waals surface area contributed by atoms with Crippen LogP contribution in [0.2, 0.25) is 0 Å². The van der Waals surface area contributed by atoms with Crippen molar-refractivity contribution >= 4 is 0 Å². The second-order valence-corrected chi connectivity index (χ2v) is 3.47. The molecule has 0 aromatic heterocycles. The summed E-state index contributed by atoms with van der Waals surface area (Å²) in [6.07, 6.45) is -1.61. The first-order chi connectivity index (χ1) is 7.56. The highest BCUT2D eigenvalue weighted by Gasteiger charge is 2.26. The maximum Gasteiger partial charge on any atom is 0.411 e. The van der Waals surface area contributed by atoms with E-state index in [1.807, 2.05) is 0 Å².